The van der Waals surface area contributed by atoms with E-state index in [0.29, 0.717) is 10.6 Å². The first-order chi connectivity index (χ1) is 9.91. The van der Waals surface area contributed by atoms with Gasteiger partial charge >= 0.3 is 5.97 Å². The predicted molar refractivity (Wildman–Crippen MR) is 78.7 cm³/mol. The van der Waals surface area contributed by atoms with E-state index in [1.54, 1.807) is 24.3 Å². The van der Waals surface area contributed by atoms with Gasteiger partial charge in [0.2, 0.25) is 0 Å². The monoisotopic (exact) mass is 306 g/mol. The van der Waals surface area contributed by atoms with E-state index in [4.69, 9.17) is 17.3 Å². The Labute approximate surface area is 124 Å². The highest BCUT2D eigenvalue weighted by atomic mass is 35.5. The minimum absolute atomic E-state index is 0.0165. The fourth-order valence-corrected chi connectivity index (χ4v) is 2.28. The molecule has 0 bridgehead atoms. The lowest BCUT2D eigenvalue weighted by atomic mass is 9.97. The maximum absolute atomic E-state index is 11.3. The second-order valence-corrected chi connectivity index (χ2v) is 4.77. The third kappa shape index (κ3) is 2.95. The molecule has 0 amide bonds. The van der Waals surface area contributed by atoms with E-state index in [1.807, 2.05) is 0 Å². The summed E-state index contributed by atoms with van der Waals surface area (Å²) < 4.78 is 0. The molecule has 0 atom stereocenters. The van der Waals surface area contributed by atoms with Gasteiger partial charge in [-0.1, -0.05) is 29.8 Å². The fraction of sp³-hybridized carbons (Fsp3) is 0.0714. The van der Waals surface area contributed by atoms with Gasteiger partial charge in [0, 0.05) is 11.4 Å². The smallest absolute Gasteiger partial charge is 0.336 e. The molecule has 0 saturated heterocycles. The quantitative estimate of drug-likeness (QED) is 0.512. The number of carboxylic acids is 1. The number of aromatic carboxylic acids is 1. The molecule has 0 aliphatic rings. The van der Waals surface area contributed by atoms with Gasteiger partial charge in [-0.15, -0.1) is 0 Å². The molecule has 0 fully saturated rings. The van der Waals surface area contributed by atoms with Crippen LogP contribution in [0.4, 0.5) is 11.4 Å². The maximum Gasteiger partial charge on any atom is 0.336 e. The lowest BCUT2D eigenvalue weighted by Crippen LogP contribution is -2.09. The molecule has 0 aliphatic carbocycles. The molecule has 0 saturated carbocycles. The summed E-state index contributed by atoms with van der Waals surface area (Å²) >= 11 is 6.03. The Bertz CT molecular complexity index is 731. The van der Waals surface area contributed by atoms with Crippen molar-refractivity contribution in [2.24, 2.45) is 0 Å². The van der Waals surface area contributed by atoms with Crippen molar-refractivity contribution in [3.8, 4) is 0 Å². The number of carbonyl (C=O) groups is 1. The van der Waals surface area contributed by atoms with Gasteiger partial charge in [0.25, 0.3) is 5.69 Å². The molecule has 0 radical (unpaired) electrons. The third-order valence-corrected chi connectivity index (χ3v) is 3.42. The molecular formula is C14H11ClN2O4. The summed E-state index contributed by atoms with van der Waals surface area (Å²) in [5.41, 5.74) is 5.62. The molecule has 0 heterocycles. The van der Waals surface area contributed by atoms with Gasteiger partial charge < -0.3 is 10.8 Å². The Kier molecular flexibility index (Phi) is 4.09. The van der Waals surface area contributed by atoms with Crippen LogP contribution < -0.4 is 5.73 Å². The number of hydrogen-bond acceptors (Lipinski definition) is 4. The second kappa shape index (κ2) is 5.80. The Morgan fingerprint density at radius 3 is 2.52 bits per heavy atom. The molecule has 0 unspecified atom stereocenters. The zero-order chi connectivity index (χ0) is 15.6. The summed E-state index contributed by atoms with van der Waals surface area (Å²) in [7, 11) is 0. The molecular weight excluding hydrogens is 296 g/mol. The third-order valence-electron chi connectivity index (χ3n) is 3.05. The summed E-state index contributed by atoms with van der Waals surface area (Å²) in [6.07, 6.45) is 0.0165. The molecule has 7 heteroatoms. The first kappa shape index (κ1) is 14.8. The summed E-state index contributed by atoms with van der Waals surface area (Å²) in [6, 6.07) is 9.24. The fourth-order valence-electron chi connectivity index (χ4n) is 2.08. The number of benzene rings is 2. The second-order valence-electron chi connectivity index (χ2n) is 4.36. The number of nitrogens with zero attached hydrogens (tertiary/aromatic N) is 1. The average Bonchev–Trinajstić information content (AvgIpc) is 2.40. The Hall–Kier alpha value is -2.60. The zero-order valence-corrected chi connectivity index (χ0v) is 11.5. The van der Waals surface area contributed by atoms with Crippen molar-refractivity contribution < 1.29 is 14.8 Å². The average molecular weight is 307 g/mol. The number of nitrogen functional groups attached to an aromatic ring is 1. The molecule has 21 heavy (non-hydrogen) atoms. The summed E-state index contributed by atoms with van der Waals surface area (Å²) in [6.45, 7) is 0. The van der Waals surface area contributed by atoms with Crippen LogP contribution in [0.1, 0.15) is 21.5 Å². The van der Waals surface area contributed by atoms with Crippen molar-refractivity contribution in [2.45, 2.75) is 6.42 Å². The van der Waals surface area contributed by atoms with Crippen molar-refractivity contribution in [3.63, 3.8) is 0 Å². The first-order valence-corrected chi connectivity index (χ1v) is 6.32. The van der Waals surface area contributed by atoms with E-state index < -0.39 is 16.6 Å². The van der Waals surface area contributed by atoms with Gasteiger partial charge in [-0.3, -0.25) is 10.1 Å². The SMILES string of the molecule is Nc1ccc(C(=O)O)c(Cc2ccccc2Cl)c1[N+](=O)[O-]. The highest BCUT2D eigenvalue weighted by Crippen LogP contribution is 2.32. The number of hydrogen-bond donors (Lipinski definition) is 2. The molecule has 0 aliphatic heterocycles. The van der Waals surface area contributed by atoms with Gasteiger partial charge in [0.1, 0.15) is 5.69 Å². The van der Waals surface area contributed by atoms with Crippen LogP contribution in [-0.2, 0) is 6.42 Å². The highest BCUT2D eigenvalue weighted by Gasteiger charge is 2.25. The molecule has 0 spiro atoms. The minimum atomic E-state index is -1.25. The standard InChI is InChI=1S/C14H11ClN2O4/c15-11-4-2-1-3-8(11)7-10-9(14(18)19)5-6-12(16)13(10)17(20)21/h1-6H,7,16H2,(H,18,19). The number of rotatable bonds is 4. The number of carboxylic acid groups (broad SMARTS) is 1. The van der Waals surface area contributed by atoms with Gasteiger partial charge in [-0.2, -0.15) is 0 Å². The molecule has 6 nitrogen and oxygen atoms in total. The highest BCUT2D eigenvalue weighted by molar-refractivity contribution is 6.31. The maximum atomic E-state index is 11.3. The van der Waals surface area contributed by atoms with E-state index in [0.717, 1.165) is 0 Å². The topological polar surface area (TPSA) is 106 Å². The van der Waals surface area contributed by atoms with E-state index in [9.17, 15) is 20.0 Å². The molecule has 0 aromatic heterocycles. The molecule has 2 aromatic carbocycles. The van der Waals surface area contributed by atoms with Crippen molar-refractivity contribution >= 4 is 28.9 Å². The summed E-state index contributed by atoms with van der Waals surface area (Å²) in [5.74, 6) is -1.25. The lowest BCUT2D eigenvalue weighted by Gasteiger charge is -2.10. The van der Waals surface area contributed by atoms with Crippen molar-refractivity contribution in [1.82, 2.24) is 0 Å². The van der Waals surface area contributed by atoms with E-state index in [-0.39, 0.29) is 23.2 Å². The minimum Gasteiger partial charge on any atom is -0.478 e. The Morgan fingerprint density at radius 2 is 1.95 bits per heavy atom. The Balaban J connectivity index is 2.65. The summed E-state index contributed by atoms with van der Waals surface area (Å²) in [4.78, 5) is 21.8. The number of anilines is 1. The molecule has 2 rings (SSSR count). The van der Waals surface area contributed by atoms with Gasteiger partial charge in [-0.25, -0.2) is 4.79 Å². The lowest BCUT2D eigenvalue weighted by molar-refractivity contribution is -0.384. The number of halogens is 1. The van der Waals surface area contributed by atoms with Crippen molar-refractivity contribution in [1.29, 1.82) is 0 Å². The Morgan fingerprint density at radius 1 is 1.29 bits per heavy atom. The normalized spacial score (nSPS) is 10.3. The number of nitro benzene ring substituents is 1. The van der Waals surface area contributed by atoms with Crippen LogP contribution in [0.3, 0.4) is 0 Å². The van der Waals surface area contributed by atoms with E-state index in [2.05, 4.69) is 0 Å². The van der Waals surface area contributed by atoms with Gasteiger partial charge in [0.15, 0.2) is 0 Å². The van der Waals surface area contributed by atoms with E-state index >= 15 is 0 Å². The van der Waals surface area contributed by atoms with Crippen molar-refractivity contribution in [2.75, 3.05) is 5.73 Å². The van der Waals surface area contributed by atoms with Crippen LogP contribution in [0, 0.1) is 10.1 Å². The van der Waals surface area contributed by atoms with Crippen LogP contribution in [0.5, 0.6) is 0 Å². The predicted octanol–water partition coefficient (Wildman–Crippen LogP) is 3.12. The number of nitro groups is 1. The van der Waals surface area contributed by atoms with Crippen LogP contribution in [0.2, 0.25) is 5.02 Å². The first-order valence-electron chi connectivity index (χ1n) is 5.94. The van der Waals surface area contributed by atoms with Gasteiger partial charge in [0.05, 0.1) is 16.1 Å². The molecule has 108 valence electrons. The van der Waals surface area contributed by atoms with Crippen molar-refractivity contribution in [3.05, 3.63) is 68.2 Å². The van der Waals surface area contributed by atoms with Gasteiger partial charge in [-0.05, 0) is 23.8 Å². The zero-order valence-electron chi connectivity index (χ0n) is 10.7. The summed E-state index contributed by atoms with van der Waals surface area (Å²) in [5, 5.41) is 20.8. The van der Waals surface area contributed by atoms with Crippen LogP contribution in [0.15, 0.2) is 36.4 Å². The molecule has 2 aromatic rings. The van der Waals surface area contributed by atoms with Crippen LogP contribution >= 0.6 is 11.6 Å². The van der Waals surface area contributed by atoms with Crippen LogP contribution in [0.25, 0.3) is 0 Å². The van der Waals surface area contributed by atoms with E-state index in [1.165, 1.54) is 12.1 Å². The largest absolute Gasteiger partial charge is 0.478 e. The van der Waals surface area contributed by atoms with Crippen LogP contribution in [-0.4, -0.2) is 16.0 Å². The number of nitrogens with two attached hydrogens (primary N) is 1. The molecule has 3 N–H and O–H groups in total.